The number of hydrogen-bond acceptors (Lipinski definition) is 7. The van der Waals surface area contributed by atoms with E-state index in [1.807, 2.05) is 0 Å². The lowest BCUT2D eigenvalue weighted by Crippen LogP contribution is -2.52. The molecule has 0 spiro atoms. The number of benzene rings is 1. The third kappa shape index (κ3) is 4.66. The lowest BCUT2D eigenvalue weighted by molar-refractivity contribution is -0.129. The number of ether oxygens (including phenoxy) is 1. The van der Waals surface area contributed by atoms with Crippen molar-refractivity contribution in [2.45, 2.75) is 0 Å². The normalized spacial score (nSPS) is 16.0. The minimum atomic E-state index is -0.843. The number of likely N-dealkylation sites (N-methyl/N-ethyl adjacent to an activating group) is 1. The molecule has 1 aromatic heterocycles. The van der Waals surface area contributed by atoms with Gasteiger partial charge in [-0.05, 0) is 35.4 Å². The summed E-state index contributed by atoms with van der Waals surface area (Å²) in [6.45, 7) is 0. The number of aromatic amines is 1. The highest BCUT2D eigenvalue weighted by Gasteiger charge is 2.32. The number of aromatic hydroxyl groups is 1. The van der Waals surface area contributed by atoms with Gasteiger partial charge in [-0.1, -0.05) is 24.3 Å². The first-order valence-corrected chi connectivity index (χ1v) is 9.54. The smallest absolute Gasteiger partial charge is 0.331 e. The molecule has 1 aliphatic rings. The standard InChI is InChI=1S/C22H20N4O7/c1-25-19(29)15(17(27)23-21(25)31)10-6-13(12-4-8-14(33-3)9-5-12)7-11-16-18(28)24-22(32)26(2)20(16)30/h4-11,29H,1-3H3,(H,23,27,31)(H,24,28,32). The van der Waals surface area contributed by atoms with Crippen molar-refractivity contribution in [3.63, 3.8) is 0 Å². The second kappa shape index (κ2) is 9.22. The summed E-state index contributed by atoms with van der Waals surface area (Å²) < 4.78 is 6.02. The van der Waals surface area contributed by atoms with Gasteiger partial charge in [0.05, 0.1) is 7.11 Å². The van der Waals surface area contributed by atoms with Crippen molar-refractivity contribution in [2.24, 2.45) is 7.05 Å². The highest BCUT2D eigenvalue weighted by atomic mass is 16.5. The van der Waals surface area contributed by atoms with Crippen molar-refractivity contribution in [1.29, 1.82) is 0 Å². The van der Waals surface area contributed by atoms with E-state index in [2.05, 4.69) is 10.3 Å². The Hall–Kier alpha value is -4.67. The highest BCUT2D eigenvalue weighted by molar-refractivity contribution is 6.28. The Balaban J connectivity index is 2.10. The third-order valence-electron chi connectivity index (χ3n) is 4.92. The molecule has 3 rings (SSSR count). The number of carbonyl (C=O) groups is 3. The van der Waals surface area contributed by atoms with Crippen molar-refractivity contribution in [3.8, 4) is 11.6 Å². The van der Waals surface area contributed by atoms with E-state index in [-0.39, 0.29) is 11.1 Å². The monoisotopic (exact) mass is 452 g/mol. The molecular formula is C22H20N4O7. The minimum Gasteiger partial charge on any atom is -0.497 e. The Morgan fingerprint density at radius 2 is 1.73 bits per heavy atom. The number of barbiturate groups is 1. The van der Waals surface area contributed by atoms with Crippen LogP contribution in [-0.4, -0.2) is 51.6 Å². The summed E-state index contributed by atoms with van der Waals surface area (Å²) in [6.07, 6.45) is 5.45. The van der Waals surface area contributed by atoms with Gasteiger partial charge in [-0.25, -0.2) is 9.59 Å². The number of rotatable bonds is 5. The van der Waals surface area contributed by atoms with Crippen LogP contribution in [0.15, 0.2) is 57.7 Å². The fourth-order valence-electron chi connectivity index (χ4n) is 2.92. The Bertz CT molecular complexity index is 1340. The number of methoxy groups -OCH3 is 1. The molecule has 11 heteroatoms. The fraction of sp³-hybridized carbons (Fsp3) is 0.136. The van der Waals surface area contributed by atoms with E-state index in [0.717, 1.165) is 9.47 Å². The van der Waals surface area contributed by atoms with Crippen molar-refractivity contribution in [2.75, 3.05) is 14.2 Å². The van der Waals surface area contributed by atoms with E-state index >= 15 is 0 Å². The first-order valence-electron chi connectivity index (χ1n) is 9.54. The fourth-order valence-corrected chi connectivity index (χ4v) is 2.92. The number of urea groups is 1. The molecule has 0 saturated carbocycles. The molecule has 1 aliphatic heterocycles. The van der Waals surface area contributed by atoms with E-state index < -0.39 is 35.0 Å². The largest absolute Gasteiger partial charge is 0.497 e. The summed E-state index contributed by atoms with van der Waals surface area (Å²) in [5, 5.41) is 12.2. The second-order valence-corrected chi connectivity index (χ2v) is 6.94. The van der Waals surface area contributed by atoms with Crippen molar-refractivity contribution < 1.29 is 24.2 Å². The van der Waals surface area contributed by atoms with Gasteiger partial charge in [0.25, 0.3) is 17.4 Å². The Kier molecular flexibility index (Phi) is 6.43. The summed E-state index contributed by atoms with van der Waals surface area (Å²) in [5.41, 5.74) is -0.928. The summed E-state index contributed by atoms with van der Waals surface area (Å²) >= 11 is 0. The van der Waals surface area contributed by atoms with Crippen LogP contribution in [-0.2, 0) is 16.6 Å². The summed E-state index contributed by atoms with van der Waals surface area (Å²) in [6, 6.07) is 5.95. The predicted molar refractivity (Wildman–Crippen MR) is 118 cm³/mol. The number of allylic oxidation sites excluding steroid dienone is 4. The van der Waals surface area contributed by atoms with Crippen molar-refractivity contribution in [3.05, 3.63) is 80.0 Å². The van der Waals surface area contributed by atoms with Crippen molar-refractivity contribution in [1.82, 2.24) is 19.8 Å². The number of hydrogen-bond donors (Lipinski definition) is 3. The van der Waals surface area contributed by atoms with Crippen LogP contribution in [0.1, 0.15) is 11.1 Å². The quantitative estimate of drug-likeness (QED) is 0.340. The van der Waals surface area contributed by atoms with E-state index in [4.69, 9.17) is 4.74 Å². The van der Waals surface area contributed by atoms with Crippen LogP contribution < -0.4 is 21.3 Å². The lowest BCUT2D eigenvalue weighted by Gasteiger charge is -2.22. The zero-order valence-corrected chi connectivity index (χ0v) is 17.9. The van der Waals surface area contributed by atoms with Gasteiger partial charge in [0.15, 0.2) is 0 Å². The van der Waals surface area contributed by atoms with Crippen molar-refractivity contribution >= 4 is 29.5 Å². The van der Waals surface area contributed by atoms with Crippen LogP contribution in [0, 0.1) is 0 Å². The lowest BCUT2D eigenvalue weighted by atomic mass is 10.0. The zero-order valence-electron chi connectivity index (χ0n) is 17.9. The molecule has 1 fully saturated rings. The topological polar surface area (TPSA) is 151 Å². The number of imide groups is 2. The molecule has 1 saturated heterocycles. The Labute approximate surface area is 186 Å². The van der Waals surface area contributed by atoms with Gasteiger partial charge in [0.2, 0.25) is 5.88 Å². The molecule has 170 valence electrons. The molecule has 11 nitrogen and oxygen atoms in total. The summed E-state index contributed by atoms with van der Waals surface area (Å²) in [5.74, 6) is -1.56. The highest BCUT2D eigenvalue weighted by Crippen LogP contribution is 2.22. The van der Waals surface area contributed by atoms with Crippen LogP contribution in [0.5, 0.6) is 11.6 Å². The average molecular weight is 452 g/mol. The molecule has 2 heterocycles. The van der Waals surface area contributed by atoms with Gasteiger partial charge in [-0.3, -0.25) is 34.2 Å². The number of H-pyrrole nitrogens is 1. The molecule has 33 heavy (non-hydrogen) atoms. The second-order valence-electron chi connectivity index (χ2n) is 6.94. The van der Waals surface area contributed by atoms with Crippen LogP contribution in [0.2, 0.25) is 0 Å². The van der Waals surface area contributed by atoms with E-state index in [9.17, 15) is 29.1 Å². The summed E-state index contributed by atoms with van der Waals surface area (Å²) in [7, 11) is 4.04. The van der Waals surface area contributed by atoms with Gasteiger partial charge in [0.1, 0.15) is 16.9 Å². The molecule has 2 aromatic rings. The SMILES string of the molecule is COc1ccc(C(C=Cc2c(O)n(C)c(=O)[nH]c2=O)=CC=C2C(=O)NC(=O)N(C)C2=O)cc1. The molecule has 1 aromatic carbocycles. The Morgan fingerprint density at radius 1 is 1.06 bits per heavy atom. The molecule has 0 unspecified atom stereocenters. The maximum absolute atomic E-state index is 12.3. The van der Waals surface area contributed by atoms with Gasteiger partial charge in [-0.2, -0.15) is 0 Å². The first-order chi connectivity index (χ1) is 15.6. The van der Waals surface area contributed by atoms with Gasteiger partial charge in [-0.15, -0.1) is 0 Å². The molecule has 4 amide bonds. The number of carbonyl (C=O) groups excluding carboxylic acids is 3. The maximum Gasteiger partial charge on any atom is 0.331 e. The number of aromatic nitrogens is 2. The van der Waals surface area contributed by atoms with E-state index in [1.165, 1.54) is 45.5 Å². The number of nitrogens with one attached hydrogen (secondary N) is 2. The first kappa shape index (κ1) is 23.0. The van der Waals surface area contributed by atoms with Crippen LogP contribution in [0.4, 0.5) is 4.79 Å². The molecule has 0 radical (unpaired) electrons. The number of amides is 4. The predicted octanol–water partition coefficient (Wildman–Crippen LogP) is 0.519. The number of nitrogens with zero attached hydrogens (tertiary/aromatic N) is 2. The van der Waals surface area contributed by atoms with Gasteiger partial charge in [0, 0.05) is 14.1 Å². The third-order valence-corrected chi connectivity index (χ3v) is 4.92. The summed E-state index contributed by atoms with van der Waals surface area (Å²) in [4.78, 5) is 62.6. The van der Waals surface area contributed by atoms with Crippen LogP contribution in [0.3, 0.4) is 0 Å². The van der Waals surface area contributed by atoms with Gasteiger partial charge < -0.3 is 9.84 Å². The minimum absolute atomic E-state index is 0.166. The average Bonchev–Trinajstić information content (AvgIpc) is 2.79. The van der Waals surface area contributed by atoms with Crippen LogP contribution in [0.25, 0.3) is 11.6 Å². The van der Waals surface area contributed by atoms with E-state index in [0.29, 0.717) is 16.9 Å². The Morgan fingerprint density at radius 3 is 2.36 bits per heavy atom. The van der Waals surface area contributed by atoms with E-state index in [1.54, 1.807) is 24.3 Å². The van der Waals surface area contributed by atoms with Crippen LogP contribution >= 0.6 is 0 Å². The molecular weight excluding hydrogens is 432 g/mol. The maximum atomic E-state index is 12.3. The molecule has 0 atom stereocenters. The molecule has 3 N–H and O–H groups in total. The molecule has 0 bridgehead atoms. The van der Waals surface area contributed by atoms with Gasteiger partial charge >= 0.3 is 11.7 Å². The zero-order chi connectivity index (χ0) is 24.3. The molecule has 0 aliphatic carbocycles.